The monoisotopic (exact) mass is 492 g/mol. The Labute approximate surface area is 205 Å². The molecule has 0 fully saturated rings. The molecule has 0 aliphatic carbocycles. The number of oxazole rings is 1. The van der Waals surface area contributed by atoms with Crippen LogP contribution in [-0.2, 0) is 0 Å². The van der Waals surface area contributed by atoms with Crippen LogP contribution < -0.4 is 10.1 Å². The second kappa shape index (κ2) is 8.89. The molecule has 0 saturated carbocycles. The summed E-state index contributed by atoms with van der Waals surface area (Å²) in [5.41, 5.74) is 4.15. The SMILES string of the molecule is COc1ccc2oc(-c3ccc(C)c(NC(=O)c4ccc(-c5cccc(Cl)c5Cl)o4)c3)nc2c1. The number of hydrogen-bond acceptors (Lipinski definition) is 5. The summed E-state index contributed by atoms with van der Waals surface area (Å²) in [6.07, 6.45) is 0. The Morgan fingerprint density at radius 1 is 1.00 bits per heavy atom. The van der Waals surface area contributed by atoms with Gasteiger partial charge in [0.25, 0.3) is 5.91 Å². The van der Waals surface area contributed by atoms with E-state index in [0.717, 1.165) is 11.1 Å². The predicted octanol–water partition coefficient (Wildman–Crippen LogP) is 7.63. The van der Waals surface area contributed by atoms with Crippen LogP contribution in [-0.4, -0.2) is 18.0 Å². The maximum absolute atomic E-state index is 12.9. The minimum atomic E-state index is -0.396. The maximum atomic E-state index is 12.9. The van der Waals surface area contributed by atoms with Crippen LogP contribution >= 0.6 is 23.2 Å². The van der Waals surface area contributed by atoms with Crippen molar-refractivity contribution >= 4 is 45.9 Å². The van der Waals surface area contributed by atoms with Gasteiger partial charge in [0.1, 0.15) is 17.0 Å². The number of ether oxygens (including phenoxy) is 1. The van der Waals surface area contributed by atoms with Crippen molar-refractivity contribution in [1.29, 1.82) is 0 Å². The van der Waals surface area contributed by atoms with E-state index in [0.29, 0.717) is 49.8 Å². The molecule has 0 aliphatic heterocycles. The molecule has 0 bridgehead atoms. The second-order valence-corrected chi connectivity index (χ2v) is 8.39. The summed E-state index contributed by atoms with van der Waals surface area (Å²) in [6, 6.07) is 19.5. The third kappa shape index (κ3) is 4.14. The van der Waals surface area contributed by atoms with Crippen molar-refractivity contribution in [2.24, 2.45) is 0 Å². The Morgan fingerprint density at radius 3 is 2.68 bits per heavy atom. The lowest BCUT2D eigenvalue weighted by Crippen LogP contribution is -2.11. The largest absolute Gasteiger partial charge is 0.497 e. The summed E-state index contributed by atoms with van der Waals surface area (Å²) in [7, 11) is 1.60. The van der Waals surface area contributed by atoms with E-state index < -0.39 is 5.91 Å². The average Bonchev–Trinajstić information content (AvgIpc) is 3.49. The molecule has 0 unspecified atom stereocenters. The first-order valence-electron chi connectivity index (χ1n) is 10.3. The Hall–Kier alpha value is -3.74. The number of nitrogens with one attached hydrogen (secondary N) is 1. The predicted molar refractivity (Wildman–Crippen MR) is 133 cm³/mol. The lowest BCUT2D eigenvalue weighted by atomic mass is 10.1. The van der Waals surface area contributed by atoms with E-state index >= 15 is 0 Å². The first-order valence-corrected chi connectivity index (χ1v) is 11.1. The highest BCUT2D eigenvalue weighted by molar-refractivity contribution is 6.43. The third-order valence-corrected chi connectivity index (χ3v) is 6.19. The van der Waals surface area contributed by atoms with Crippen LogP contribution in [0.3, 0.4) is 0 Å². The van der Waals surface area contributed by atoms with Crippen molar-refractivity contribution in [3.8, 4) is 28.5 Å². The van der Waals surface area contributed by atoms with Gasteiger partial charge in [-0.15, -0.1) is 0 Å². The van der Waals surface area contributed by atoms with Crippen LogP contribution in [0.4, 0.5) is 5.69 Å². The van der Waals surface area contributed by atoms with Gasteiger partial charge in [-0.3, -0.25) is 4.79 Å². The highest BCUT2D eigenvalue weighted by atomic mass is 35.5. The number of aryl methyl sites for hydroxylation is 1. The number of nitrogens with zero attached hydrogens (tertiary/aromatic N) is 1. The van der Waals surface area contributed by atoms with Crippen molar-refractivity contribution in [2.45, 2.75) is 6.92 Å². The highest BCUT2D eigenvalue weighted by Gasteiger charge is 2.17. The molecule has 3 aromatic carbocycles. The van der Waals surface area contributed by atoms with Gasteiger partial charge in [0, 0.05) is 22.9 Å². The van der Waals surface area contributed by atoms with Gasteiger partial charge < -0.3 is 18.9 Å². The number of amides is 1. The van der Waals surface area contributed by atoms with Gasteiger partial charge in [0.15, 0.2) is 11.3 Å². The zero-order valence-electron chi connectivity index (χ0n) is 18.2. The molecule has 8 heteroatoms. The quantitative estimate of drug-likeness (QED) is 0.272. The minimum absolute atomic E-state index is 0.143. The number of hydrogen-bond donors (Lipinski definition) is 1. The number of rotatable bonds is 5. The fraction of sp³-hybridized carbons (Fsp3) is 0.0769. The zero-order chi connectivity index (χ0) is 23.8. The standard InChI is InChI=1S/C26H18Cl2N2O4/c1-14-6-7-15(26-30-20-13-16(32-2)8-9-22(20)34-26)12-19(14)29-25(31)23-11-10-21(33-23)17-4-3-5-18(27)24(17)28/h3-13H,1-2H3,(H,29,31). The number of methoxy groups -OCH3 is 1. The number of furan rings is 1. The third-order valence-electron chi connectivity index (χ3n) is 5.37. The lowest BCUT2D eigenvalue weighted by molar-refractivity contribution is 0.0997. The Kier molecular flexibility index (Phi) is 5.77. The number of halogens is 2. The van der Waals surface area contributed by atoms with E-state index in [9.17, 15) is 4.79 Å². The van der Waals surface area contributed by atoms with Gasteiger partial charge in [-0.2, -0.15) is 0 Å². The van der Waals surface area contributed by atoms with Crippen LogP contribution in [0.5, 0.6) is 5.75 Å². The van der Waals surface area contributed by atoms with Crippen LogP contribution in [0.1, 0.15) is 16.1 Å². The van der Waals surface area contributed by atoms with Crippen molar-refractivity contribution in [2.75, 3.05) is 12.4 Å². The molecule has 0 saturated heterocycles. The summed E-state index contributed by atoms with van der Waals surface area (Å²) < 4.78 is 16.9. The van der Waals surface area contributed by atoms with Crippen molar-refractivity contribution in [3.63, 3.8) is 0 Å². The number of aromatic nitrogens is 1. The molecule has 0 aliphatic rings. The molecule has 1 amide bonds. The summed E-state index contributed by atoms with van der Waals surface area (Å²) in [5.74, 6) is 1.33. The molecule has 0 atom stereocenters. The number of anilines is 1. The van der Waals surface area contributed by atoms with Gasteiger partial charge in [-0.05, 0) is 61.0 Å². The topological polar surface area (TPSA) is 77.5 Å². The number of carbonyl (C=O) groups is 1. The van der Waals surface area contributed by atoms with Crippen molar-refractivity contribution in [1.82, 2.24) is 4.98 Å². The Bertz CT molecular complexity index is 1540. The zero-order valence-corrected chi connectivity index (χ0v) is 19.7. The second-order valence-electron chi connectivity index (χ2n) is 7.60. The fourth-order valence-electron chi connectivity index (χ4n) is 3.53. The molecular formula is C26H18Cl2N2O4. The number of fused-ring (bicyclic) bond motifs is 1. The van der Waals surface area contributed by atoms with Gasteiger partial charge in [0.2, 0.25) is 5.89 Å². The summed E-state index contributed by atoms with van der Waals surface area (Å²) >= 11 is 12.4. The van der Waals surface area contributed by atoms with E-state index in [-0.39, 0.29) is 5.76 Å². The molecule has 0 radical (unpaired) electrons. The van der Waals surface area contributed by atoms with Crippen LogP contribution in [0, 0.1) is 6.92 Å². The van der Waals surface area contributed by atoms with Gasteiger partial charge in [0.05, 0.1) is 17.2 Å². The van der Waals surface area contributed by atoms with Gasteiger partial charge in [-0.1, -0.05) is 35.3 Å². The molecule has 1 N–H and O–H groups in total. The van der Waals surface area contributed by atoms with Gasteiger partial charge in [-0.25, -0.2) is 4.98 Å². The molecule has 5 rings (SSSR count). The maximum Gasteiger partial charge on any atom is 0.291 e. The van der Waals surface area contributed by atoms with E-state index in [1.807, 2.05) is 37.3 Å². The molecule has 0 spiro atoms. The molecule has 2 aromatic heterocycles. The smallest absolute Gasteiger partial charge is 0.291 e. The van der Waals surface area contributed by atoms with Crippen LogP contribution in [0.15, 0.2) is 75.6 Å². The first-order chi connectivity index (χ1) is 16.4. The van der Waals surface area contributed by atoms with E-state index in [1.54, 1.807) is 43.5 Å². The van der Waals surface area contributed by atoms with E-state index in [1.165, 1.54) is 0 Å². The van der Waals surface area contributed by atoms with Crippen LogP contribution in [0.25, 0.3) is 33.9 Å². The Balaban J connectivity index is 1.41. The number of carbonyl (C=O) groups excluding carboxylic acids is 1. The van der Waals surface area contributed by atoms with E-state index in [2.05, 4.69) is 10.3 Å². The summed E-state index contributed by atoms with van der Waals surface area (Å²) in [4.78, 5) is 17.5. The minimum Gasteiger partial charge on any atom is -0.497 e. The first kappa shape index (κ1) is 22.1. The number of benzene rings is 3. The molecule has 170 valence electrons. The lowest BCUT2D eigenvalue weighted by Gasteiger charge is -2.08. The summed E-state index contributed by atoms with van der Waals surface area (Å²) in [5, 5.41) is 3.67. The van der Waals surface area contributed by atoms with Crippen LogP contribution in [0.2, 0.25) is 10.0 Å². The molecule has 34 heavy (non-hydrogen) atoms. The summed E-state index contributed by atoms with van der Waals surface area (Å²) in [6.45, 7) is 1.90. The highest BCUT2D eigenvalue weighted by Crippen LogP contribution is 2.35. The fourth-order valence-corrected chi connectivity index (χ4v) is 3.92. The van der Waals surface area contributed by atoms with E-state index in [4.69, 9.17) is 36.8 Å². The normalized spacial score (nSPS) is 11.1. The van der Waals surface area contributed by atoms with Crippen molar-refractivity contribution in [3.05, 3.63) is 88.1 Å². The average molecular weight is 493 g/mol. The molecular weight excluding hydrogens is 475 g/mol. The molecule has 2 heterocycles. The van der Waals surface area contributed by atoms with Crippen molar-refractivity contribution < 1.29 is 18.4 Å². The molecule has 6 nitrogen and oxygen atoms in total. The Morgan fingerprint density at radius 2 is 1.85 bits per heavy atom. The van der Waals surface area contributed by atoms with Gasteiger partial charge >= 0.3 is 0 Å². The molecule has 5 aromatic rings.